The van der Waals surface area contributed by atoms with Gasteiger partial charge in [-0.1, -0.05) is 346 Å². The molecule has 0 radical (unpaired) electrons. The lowest BCUT2D eigenvalue weighted by molar-refractivity contribution is 0.426. The fraction of sp³-hybridized carbons (Fsp3) is 0. The summed E-state index contributed by atoms with van der Waals surface area (Å²) in [4.78, 5) is 0. The first kappa shape index (κ1) is 63.6. The van der Waals surface area contributed by atoms with Crippen LogP contribution in [0.1, 0.15) is 0 Å². The lowest BCUT2D eigenvalue weighted by Crippen LogP contribution is -2.29. The van der Waals surface area contributed by atoms with Crippen LogP contribution in [0.5, 0.6) is 0 Å². The summed E-state index contributed by atoms with van der Waals surface area (Å²) >= 11 is 4.02. The Morgan fingerprint density at radius 1 is 0.163 bits per heavy atom. The van der Waals surface area contributed by atoms with Gasteiger partial charge >= 0.3 is 7.12 Å². The van der Waals surface area contributed by atoms with Gasteiger partial charge in [-0.2, -0.15) is 0 Å². The second-order valence-electron chi connectivity index (χ2n) is 26.9. The van der Waals surface area contributed by atoms with Crippen molar-refractivity contribution in [1.29, 1.82) is 0 Å². The molecule has 0 saturated heterocycles. The van der Waals surface area contributed by atoms with E-state index in [1.807, 2.05) is 36.4 Å². The van der Waals surface area contributed by atoms with Gasteiger partial charge in [0.25, 0.3) is 0 Å². The van der Waals surface area contributed by atoms with Gasteiger partial charge in [-0.05, 0) is 249 Å². The molecule has 0 aliphatic heterocycles. The summed E-state index contributed by atoms with van der Waals surface area (Å²) in [6, 6.07) is 140. The molecule has 4 heteroatoms. The van der Waals surface area contributed by atoms with Crippen molar-refractivity contribution in [3.05, 3.63) is 393 Å². The normalized spacial score (nSPS) is 11.4. The highest BCUT2D eigenvalue weighted by Gasteiger charge is 2.22. The summed E-state index contributed by atoms with van der Waals surface area (Å²) in [7, 11) is -1.41. The van der Waals surface area contributed by atoms with Crippen molar-refractivity contribution < 1.29 is 10.0 Å². The quantitative estimate of drug-likeness (QED) is 0.0904. The van der Waals surface area contributed by atoms with Gasteiger partial charge in [0.1, 0.15) is 0 Å². The van der Waals surface area contributed by atoms with Crippen LogP contribution in [0.4, 0.5) is 0 Å². The number of rotatable bonds is 8. The van der Waals surface area contributed by atoms with E-state index in [-0.39, 0.29) is 0 Å². The number of halogens is 1. The first-order valence-corrected chi connectivity index (χ1v) is 36.2. The van der Waals surface area contributed by atoms with Gasteiger partial charge in [0.05, 0.1) is 0 Å². The summed E-state index contributed by atoms with van der Waals surface area (Å²) in [5, 5.41) is 42.9. The Hall–Kier alpha value is -12.5. The zero-order valence-corrected chi connectivity index (χ0v) is 58.4. The number of fused-ring (bicyclic) bond motifs is 12. The van der Waals surface area contributed by atoms with E-state index in [0.717, 1.165) is 15.2 Å². The zero-order valence-electron chi connectivity index (χ0n) is 56.8. The average Bonchev–Trinajstić information content (AvgIpc) is 0.731. The minimum atomic E-state index is -1.41. The SMILES string of the molecule is Brc1c2cc(-c3ccccc3)ccc2c(-c2ccc3ccccc3c2)c2cc(-c3ccccc3)ccc12.OB(O)c1ccc2c(ccc3ccccc32)c1.c1ccc(-c2ccc3c(-c4ccc5c(ccc6ccccc65)c4)c4cc(-c5ccccc5)ccc4c(-c4ccc5ccccc5c4)c3c2)cc1. The van der Waals surface area contributed by atoms with E-state index in [2.05, 4.69) is 362 Å². The predicted octanol–water partition coefficient (Wildman–Crippen LogP) is 26.7. The van der Waals surface area contributed by atoms with Crippen LogP contribution in [-0.2, 0) is 0 Å². The highest BCUT2D eigenvalue weighted by atomic mass is 79.9. The molecule has 0 aliphatic rings. The third-order valence-electron chi connectivity index (χ3n) is 20.8. The Labute approximate surface area is 612 Å². The van der Waals surface area contributed by atoms with E-state index in [4.69, 9.17) is 10.0 Å². The standard InChI is InChI=1S/C50H32.C36H23Br.C14H11BO2/c1-3-11-33(12-4-1)38-24-28-46-47(31-38)49(41-22-19-35-15-7-8-17-37(35)29-41)45-27-23-39(34-13-5-2-6-14-34)32-48(45)50(46)42-25-26-44-40(30-42)21-20-36-16-9-10-18-43(36)44;37-36-32-20-18-28(24-9-3-1-4-10-24)22-33(32)35(30-16-15-26-13-7-8-14-27(26)21-30)31-19-17-29(23-34(31)36)25-11-5-2-6-12-25;16-15(17)12-7-8-14-11(9-12)6-5-10-3-1-2-4-13(10)14/h1-32H;1-23H;1-9,16-17H. The maximum absolute atomic E-state index is 9.15. The van der Waals surface area contributed by atoms with Gasteiger partial charge in [0.15, 0.2) is 0 Å². The van der Waals surface area contributed by atoms with E-state index < -0.39 is 7.12 Å². The summed E-state index contributed by atoms with van der Waals surface area (Å²) in [6.07, 6.45) is 0. The first-order chi connectivity index (χ1) is 51.3. The third-order valence-corrected chi connectivity index (χ3v) is 21.6. The van der Waals surface area contributed by atoms with Gasteiger partial charge in [0, 0.05) is 4.47 Å². The lowest BCUT2D eigenvalue weighted by atomic mass is 9.79. The molecule has 2 nitrogen and oxygen atoms in total. The number of hydrogen-bond donors (Lipinski definition) is 2. The molecule has 0 bridgehead atoms. The summed E-state index contributed by atoms with van der Waals surface area (Å²) < 4.78 is 1.14. The second-order valence-corrected chi connectivity index (χ2v) is 27.7. The van der Waals surface area contributed by atoms with Crippen LogP contribution in [-0.4, -0.2) is 17.2 Å². The predicted molar refractivity (Wildman–Crippen MR) is 450 cm³/mol. The molecule has 0 spiro atoms. The maximum atomic E-state index is 9.15. The van der Waals surface area contributed by atoms with E-state index in [9.17, 15) is 0 Å². The zero-order chi connectivity index (χ0) is 69.6. The van der Waals surface area contributed by atoms with Gasteiger partial charge in [0.2, 0.25) is 0 Å². The van der Waals surface area contributed by atoms with Crippen molar-refractivity contribution in [3.63, 3.8) is 0 Å². The van der Waals surface area contributed by atoms with Crippen molar-refractivity contribution >= 4 is 136 Å². The van der Waals surface area contributed by atoms with Crippen LogP contribution in [0.25, 0.3) is 186 Å². The second kappa shape index (κ2) is 27.4. The van der Waals surface area contributed by atoms with E-state index in [1.54, 1.807) is 6.07 Å². The molecule has 0 atom stereocenters. The fourth-order valence-electron chi connectivity index (χ4n) is 15.6. The molecule has 0 aromatic heterocycles. The fourth-order valence-corrected chi connectivity index (χ4v) is 16.3. The number of benzene rings is 20. The van der Waals surface area contributed by atoms with E-state index in [0.29, 0.717) is 5.46 Å². The Balaban J connectivity index is 0.000000124. The Bertz CT molecular complexity index is 6690. The monoisotopic (exact) mass is 1390 g/mol. The summed E-state index contributed by atoms with van der Waals surface area (Å²) in [5.41, 5.74) is 17.8. The van der Waals surface area contributed by atoms with E-state index >= 15 is 0 Å². The average molecular weight is 1390 g/mol. The van der Waals surface area contributed by atoms with Crippen LogP contribution < -0.4 is 5.46 Å². The summed E-state index contributed by atoms with van der Waals surface area (Å²) in [5.74, 6) is 0. The molecule has 0 unspecified atom stereocenters. The van der Waals surface area contributed by atoms with Gasteiger partial charge in [-0.3, -0.25) is 0 Å². The highest BCUT2D eigenvalue weighted by molar-refractivity contribution is 9.10. The topological polar surface area (TPSA) is 40.5 Å². The smallest absolute Gasteiger partial charge is 0.423 e. The Morgan fingerprint density at radius 3 is 0.856 bits per heavy atom. The van der Waals surface area contributed by atoms with Crippen molar-refractivity contribution in [2.24, 2.45) is 0 Å². The van der Waals surface area contributed by atoms with Gasteiger partial charge in [-0.25, -0.2) is 0 Å². The molecule has 20 aromatic rings. The molecule has 104 heavy (non-hydrogen) atoms. The third kappa shape index (κ3) is 12.0. The van der Waals surface area contributed by atoms with Crippen LogP contribution in [0.15, 0.2) is 393 Å². The molecule has 0 fully saturated rings. The molecular weight excluding hydrogens is 1320 g/mol. The van der Waals surface area contributed by atoms with Crippen molar-refractivity contribution in [2.75, 3.05) is 0 Å². The Morgan fingerprint density at radius 2 is 0.433 bits per heavy atom. The lowest BCUT2D eigenvalue weighted by Gasteiger charge is -2.20. The molecular formula is C100H66BBrO2. The van der Waals surface area contributed by atoms with Gasteiger partial charge < -0.3 is 10.0 Å². The molecule has 0 heterocycles. The van der Waals surface area contributed by atoms with Crippen LogP contribution in [0.2, 0.25) is 0 Å². The molecule has 2 N–H and O–H groups in total. The molecule has 20 rings (SSSR count). The largest absolute Gasteiger partial charge is 0.488 e. The highest BCUT2D eigenvalue weighted by Crippen LogP contribution is 2.49. The molecule has 488 valence electrons. The van der Waals surface area contributed by atoms with Crippen LogP contribution in [0, 0.1) is 0 Å². The van der Waals surface area contributed by atoms with E-state index in [1.165, 1.54) is 175 Å². The molecule has 0 amide bonds. The maximum Gasteiger partial charge on any atom is 0.488 e. The van der Waals surface area contributed by atoms with Crippen LogP contribution in [0.3, 0.4) is 0 Å². The van der Waals surface area contributed by atoms with Crippen molar-refractivity contribution in [1.82, 2.24) is 0 Å². The van der Waals surface area contributed by atoms with Crippen molar-refractivity contribution in [2.45, 2.75) is 0 Å². The Kier molecular flexibility index (Phi) is 16.8. The van der Waals surface area contributed by atoms with Crippen molar-refractivity contribution in [3.8, 4) is 77.9 Å². The van der Waals surface area contributed by atoms with Gasteiger partial charge in [-0.15, -0.1) is 0 Å². The molecule has 0 saturated carbocycles. The first-order valence-electron chi connectivity index (χ1n) is 35.4. The van der Waals surface area contributed by atoms with Crippen LogP contribution >= 0.6 is 15.9 Å². The molecule has 20 aromatic carbocycles. The minimum Gasteiger partial charge on any atom is -0.423 e. The summed E-state index contributed by atoms with van der Waals surface area (Å²) in [6.45, 7) is 0. The molecule has 0 aliphatic carbocycles. The minimum absolute atomic E-state index is 0.521. The number of hydrogen-bond acceptors (Lipinski definition) is 2.